The number of para-hydroxylation sites is 1. The van der Waals surface area contributed by atoms with Crippen molar-refractivity contribution >= 4 is 17.4 Å². The van der Waals surface area contributed by atoms with E-state index in [1.165, 1.54) is 0 Å². The van der Waals surface area contributed by atoms with Crippen LogP contribution in [0.4, 0.5) is 5.69 Å². The number of ether oxygens (including phenoxy) is 3. The minimum absolute atomic E-state index is 0.0437. The number of amides is 1. The molecule has 9 nitrogen and oxygen atoms in total. The lowest BCUT2D eigenvalue weighted by Crippen LogP contribution is -2.60. The van der Waals surface area contributed by atoms with E-state index in [1.807, 2.05) is 44.2 Å². The van der Waals surface area contributed by atoms with Crippen LogP contribution in [0.2, 0.25) is 0 Å². The first-order valence-electron chi connectivity index (χ1n) is 13.5. The smallest absolute Gasteiger partial charge is 0.226 e. The minimum atomic E-state index is -1.31. The van der Waals surface area contributed by atoms with Crippen LogP contribution in [-0.2, 0) is 23.8 Å². The molecule has 5 atom stereocenters. The lowest BCUT2D eigenvalue weighted by Gasteiger charge is -2.41. The summed E-state index contributed by atoms with van der Waals surface area (Å²) in [6, 6.07) is 9.48. The Morgan fingerprint density at radius 3 is 2.16 bits per heavy atom. The monoisotopic (exact) mass is 523 g/mol. The minimum Gasteiger partial charge on any atom is -0.394 e. The molecule has 1 aromatic carbocycles. The number of aliphatic hydroxyl groups excluding tert-OH is 3. The predicted octanol–water partition coefficient (Wildman–Crippen LogP) is 2.84. The number of rotatable bonds is 17. The molecule has 1 saturated heterocycles. The molecule has 1 aliphatic heterocycles. The van der Waals surface area contributed by atoms with E-state index in [-0.39, 0.29) is 30.8 Å². The van der Waals surface area contributed by atoms with Crippen molar-refractivity contribution in [2.75, 3.05) is 31.8 Å². The summed E-state index contributed by atoms with van der Waals surface area (Å²) in [7, 11) is 1.76. The Morgan fingerprint density at radius 2 is 1.54 bits per heavy atom. The standard InChI is InChI=1S/C28H45NO8/c1-20(2)22(31)15-9-5-11-17-35-27-23(19-30)37-28(26(34)25(27)33)36-18-12-6-10-16-24(32)29(3)21-13-7-4-8-14-21/h4,7-8,13-14,20,23,25-28,30,33-34H,5-6,9-12,15-19H2,1-3H3/t23?,25-,26?,27+,28-/m0/s1. The molecule has 37 heavy (non-hydrogen) atoms. The number of aliphatic hydroxyl groups is 3. The third-order valence-electron chi connectivity index (χ3n) is 6.68. The van der Waals surface area contributed by atoms with Gasteiger partial charge in [-0.2, -0.15) is 0 Å². The van der Waals surface area contributed by atoms with E-state index >= 15 is 0 Å². The topological polar surface area (TPSA) is 126 Å². The third kappa shape index (κ3) is 10.4. The van der Waals surface area contributed by atoms with Crippen LogP contribution in [0.1, 0.15) is 65.2 Å². The van der Waals surface area contributed by atoms with E-state index in [2.05, 4.69) is 0 Å². The second kappa shape index (κ2) is 16.9. The number of ketones is 1. The number of hydrogen-bond acceptors (Lipinski definition) is 8. The van der Waals surface area contributed by atoms with Gasteiger partial charge in [0.1, 0.15) is 30.2 Å². The molecular formula is C28H45NO8. The van der Waals surface area contributed by atoms with Gasteiger partial charge in [-0.05, 0) is 37.8 Å². The first-order valence-corrected chi connectivity index (χ1v) is 13.5. The maximum atomic E-state index is 12.3. The van der Waals surface area contributed by atoms with E-state index in [0.29, 0.717) is 38.7 Å². The highest BCUT2D eigenvalue weighted by Gasteiger charge is 2.45. The van der Waals surface area contributed by atoms with Crippen molar-refractivity contribution in [3.63, 3.8) is 0 Å². The zero-order chi connectivity index (χ0) is 27.2. The highest BCUT2D eigenvalue weighted by atomic mass is 16.7. The van der Waals surface area contributed by atoms with Crippen molar-refractivity contribution in [1.82, 2.24) is 0 Å². The molecule has 0 radical (unpaired) electrons. The summed E-state index contributed by atoms with van der Waals surface area (Å²) in [5.74, 6) is 0.335. The van der Waals surface area contributed by atoms with E-state index in [1.54, 1.807) is 11.9 Å². The largest absolute Gasteiger partial charge is 0.394 e. The average molecular weight is 524 g/mol. The SMILES string of the molecule is CC(C)C(=O)CCCCCO[C@@H]1C(CO)O[C@H](OCCCCCC(=O)N(C)c2ccccc2)C(O)[C@@H]1O. The van der Waals surface area contributed by atoms with E-state index < -0.39 is 30.7 Å². The first kappa shape index (κ1) is 31.3. The Bertz CT molecular complexity index is 788. The molecule has 0 aliphatic carbocycles. The summed E-state index contributed by atoms with van der Waals surface area (Å²) in [4.78, 5) is 25.7. The normalized spacial score (nSPS) is 23.8. The highest BCUT2D eigenvalue weighted by Crippen LogP contribution is 2.25. The van der Waals surface area contributed by atoms with Gasteiger partial charge in [0.25, 0.3) is 0 Å². The second-order valence-corrected chi connectivity index (χ2v) is 9.94. The van der Waals surface area contributed by atoms with Gasteiger partial charge in [-0.1, -0.05) is 44.9 Å². The maximum Gasteiger partial charge on any atom is 0.226 e. The molecule has 0 aromatic heterocycles. The summed E-state index contributed by atoms with van der Waals surface area (Å²) >= 11 is 0. The molecule has 1 fully saturated rings. The summed E-state index contributed by atoms with van der Waals surface area (Å²) in [6.07, 6.45) is 0.0636. The van der Waals surface area contributed by atoms with Crippen LogP contribution in [0.5, 0.6) is 0 Å². The molecule has 0 bridgehead atoms. The number of Topliss-reactive ketones (excluding diaryl/α,β-unsaturated/α-hetero) is 1. The van der Waals surface area contributed by atoms with Crippen molar-refractivity contribution in [2.45, 2.75) is 95.9 Å². The van der Waals surface area contributed by atoms with Gasteiger partial charge in [-0.25, -0.2) is 0 Å². The lowest BCUT2D eigenvalue weighted by molar-refractivity contribution is -0.307. The molecule has 0 spiro atoms. The number of benzene rings is 1. The fourth-order valence-corrected chi connectivity index (χ4v) is 4.20. The second-order valence-electron chi connectivity index (χ2n) is 9.94. The van der Waals surface area contributed by atoms with Crippen LogP contribution >= 0.6 is 0 Å². The number of nitrogens with zero attached hydrogens (tertiary/aromatic N) is 1. The maximum absolute atomic E-state index is 12.3. The quantitative estimate of drug-likeness (QED) is 0.266. The van der Waals surface area contributed by atoms with Crippen LogP contribution in [0.15, 0.2) is 30.3 Å². The van der Waals surface area contributed by atoms with E-state index in [9.17, 15) is 24.9 Å². The van der Waals surface area contributed by atoms with Crippen LogP contribution in [0.25, 0.3) is 0 Å². The van der Waals surface area contributed by atoms with Gasteiger partial charge in [0.15, 0.2) is 6.29 Å². The van der Waals surface area contributed by atoms with Gasteiger partial charge in [0.2, 0.25) is 5.91 Å². The number of anilines is 1. The summed E-state index contributed by atoms with van der Waals surface area (Å²) < 4.78 is 17.1. The van der Waals surface area contributed by atoms with Crippen molar-refractivity contribution in [1.29, 1.82) is 0 Å². The van der Waals surface area contributed by atoms with Crippen molar-refractivity contribution in [2.24, 2.45) is 5.92 Å². The van der Waals surface area contributed by atoms with Crippen molar-refractivity contribution < 1.29 is 39.1 Å². The van der Waals surface area contributed by atoms with Crippen LogP contribution in [0.3, 0.4) is 0 Å². The van der Waals surface area contributed by atoms with Gasteiger partial charge >= 0.3 is 0 Å². The van der Waals surface area contributed by atoms with Gasteiger partial charge in [0.05, 0.1) is 6.61 Å². The van der Waals surface area contributed by atoms with Crippen LogP contribution in [-0.4, -0.2) is 84.6 Å². The predicted molar refractivity (Wildman–Crippen MR) is 140 cm³/mol. The van der Waals surface area contributed by atoms with Gasteiger partial charge in [0, 0.05) is 44.7 Å². The van der Waals surface area contributed by atoms with Gasteiger partial charge in [-0.15, -0.1) is 0 Å². The third-order valence-corrected chi connectivity index (χ3v) is 6.68. The summed E-state index contributed by atoms with van der Waals surface area (Å²) in [5, 5.41) is 30.8. The molecule has 1 aromatic rings. The summed E-state index contributed by atoms with van der Waals surface area (Å²) in [5.41, 5.74) is 0.858. The zero-order valence-corrected chi connectivity index (χ0v) is 22.5. The average Bonchev–Trinajstić information content (AvgIpc) is 2.90. The Balaban J connectivity index is 1.64. The van der Waals surface area contributed by atoms with E-state index in [4.69, 9.17) is 14.2 Å². The molecule has 1 aliphatic rings. The molecule has 1 heterocycles. The molecule has 1 amide bonds. The number of carbonyl (C=O) groups excluding carboxylic acids is 2. The Morgan fingerprint density at radius 1 is 0.919 bits per heavy atom. The summed E-state index contributed by atoms with van der Waals surface area (Å²) in [6.45, 7) is 4.02. The molecule has 2 rings (SSSR count). The number of hydrogen-bond donors (Lipinski definition) is 3. The number of carbonyl (C=O) groups is 2. The Kier molecular flexibility index (Phi) is 14.3. The molecule has 2 unspecified atom stereocenters. The van der Waals surface area contributed by atoms with Crippen molar-refractivity contribution in [3.05, 3.63) is 30.3 Å². The zero-order valence-electron chi connectivity index (χ0n) is 22.5. The molecule has 9 heteroatoms. The lowest BCUT2D eigenvalue weighted by atomic mass is 9.99. The molecule has 3 N–H and O–H groups in total. The van der Waals surface area contributed by atoms with Gasteiger partial charge < -0.3 is 34.4 Å². The molecule has 0 saturated carbocycles. The molecular weight excluding hydrogens is 478 g/mol. The Hall–Kier alpha value is -1.88. The van der Waals surface area contributed by atoms with Crippen molar-refractivity contribution in [3.8, 4) is 0 Å². The number of unbranched alkanes of at least 4 members (excludes halogenated alkanes) is 4. The highest BCUT2D eigenvalue weighted by molar-refractivity contribution is 5.92. The first-order chi connectivity index (χ1) is 17.8. The fourth-order valence-electron chi connectivity index (χ4n) is 4.20. The van der Waals surface area contributed by atoms with E-state index in [0.717, 1.165) is 24.9 Å². The molecule has 210 valence electrons. The fraction of sp³-hybridized carbons (Fsp3) is 0.714. The Labute approximate surface area is 220 Å². The van der Waals surface area contributed by atoms with Crippen LogP contribution in [0, 0.1) is 5.92 Å². The van der Waals surface area contributed by atoms with Crippen LogP contribution < -0.4 is 4.90 Å². The van der Waals surface area contributed by atoms with Gasteiger partial charge in [-0.3, -0.25) is 9.59 Å².